The maximum Gasteiger partial charge on any atom is 0.307 e. The fraction of sp³-hybridized carbons (Fsp3) is 0.818. The number of nitrogens with zero attached hydrogens (tertiary/aromatic N) is 1. The first-order valence-electron chi connectivity index (χ1n) is 5.63. The van der Waals surface area contributed by atoms with E-state index in [1.165, 1.54) is 25.9 Å². The molecule has 0 bridgehead atoms. The van der Waals surface area contributed by atoms with Crippen molar-refractivity contribution in [2.24, 2.45) is 0 Å². The van der Waals surface area contributed by atoms with Crippen LogP contribution in [-0.2, 0) is 24.2 Å². The highest BCUT2D eigenvalue weighted by Crippen LogP contribution is 2.18. The van der Waals surface area contributed by atoms with Crippen molar-refractivity contribution in [3.63, 3.8) is 0 Å². The van der Waals surface area contributed by atoms with E-state index in [9.17, 15) is 18.0 Å². The molecule has 0 aromatic heterocycles. The lowest BCUT2D eigenvalue weighted by Gasteiger charge is -2.29. The Kier molecular flexibility index (Phi) is 5.79. The highest BCUT2D eigenvalue weighted by molar-refractivity contribution is 7.92. The van der Waals surface area contributed by atoms with E-state index in [1.807, 2.05) is 0 Å². The van der Waals surface area contributed by atoms with Gasteiger partial charge in [0, 0.05) is 19.3 Å². The van der Waals surface area contributed by atoms with Crippen LogP contribution in [0.3, 0.4) is 0 Å². The molecule has 0 saturated heterocycles. The monoisotopic (exact) mass is 279 g/mol. The van der Waals surface area contributed by atoms with Crippen molar-refractivity contribution in [1.82, 2.24) is 4.90 Å². The van der Waals surface area contributed by atoms with Crippen LogP contribution in [0.5, 0.6) is 0 Å². The van der Waals surface area contributed by atoms with Gasteiger partial charge in [0.15, 0.2) is 9.84 Å². The van der Waals surface area contributed by atoms with Crippen molar-refractivity contribution in [3.05, 3.63) is 0 Å². The lowest BCUT2D eigenvalue weighted by atomic mass is 10.1. The van der Waals surface area contributed by atoms with E-state index in [1.54, 1.807) is 6.92 Å². The van der Waals surface area contributed by atoms with E-state index in [4.69, 9.17) is 0 Å². The molecule has 0 aliphatic rings. The molecule has 0 aromatic carbocycles. The number of methoxy groups -OCH3 is 1. The van der Waals surface area contributed by atoms with Crippen molar-refractivity contribution in [3.8, 4) is 0 Å². The maximum absolute atomic E-state index is 12.1. The van der Waals surface area contributed by atoms with Crippen molar-refractivity contribution in [2.75, 3.05) is 26.5 Å². The van der Waals surface area contributed by atoms with Crippen molar-refractivity contribution in [2.45, 2.75) is 31.9 Å². The van der Waals surface area contributed by atoms with Crippen molar-refractivity contribution in [1.29, 1.82) is 0 Å². The Labute approximate surface area is 108 Å². The molecule has 0 spiro atoms. The SMILES string of the molecule is CCN(CCC(=O)OC)C(=O)C(C)(C)S(C)(=O)=O. The van der Waals surface area contributed by atoms with Gasteiger partial charge in [0.2, 0.25) is 5.91 Å². The number of hydrogen-bond donors (Lipinski definition) is 0. The first-order chi connectivity index (χ1) is 8.07. The summed E-state index contributed by atoms with van der Waals surface area (Å²) in [6, 6.07) is 0. The lowest BCUT2D eigenvalue weighted by Crippen LogP contribution is -2.50. The molecule has 0 heterocycles. The number of hydrogen-bond acceptors (Lipinski definition) is 5. The van der Waals surface area contributed by atoms with Gasteiger partial charge in [0.25, 0.3) is 0 Å². The minimum atomic E-state index is -3.51. The molecule has 0 N–H and O–H groups in total. The number of carbonyl (C=O) groups excluding carboxylic acids is 2. The van der Waals surface area contributed by atoms with Gasteiger partial charge in [-0.15, -0.1) is 0 Å². The third kappa shape index (κ3) is 3.97. The minimum Gasteiger partial charge on any atom is -0.469 e. The average molecular weight is 279 g/mol. The Balaban J connectivity index is 4.88. The standard InChI is InChI=1S/C11H21NO5S/c1-6-12(8-7-9(13)17-4)10(14)11(2,3)18(5,15)16/h6-8H2,1-5H3. The predicted molar refractivity (Wildman–Crippen MR) is 67.8 cm³/mol. The van der Waals surface area contributed by atoms with Crippen LogP contribution < -0.4 is 0 Å². The zero-order valence-electron chi connectivity index (χ0n) is 11.5. The van der Waals surface area contributed by atoms with Gasteiger partial charge in [0.05, 0.1) is 13.5 Å². The highest BCUT2D eigenvalue weighted by atomic mass is 32.2. The number of amides is 1. The summed E-state index contributed by atoms with van der Waals surface area (Å²) in [7, 11) is -2.24. The highest BCUT2D eigenvalue weighted by Gasteiger charge is 2.40. The largest absolute Gasteiger partial charge is 0.469 e. The molecule has 0 aliphatic heterocycles. The quantitative estimate of drug-likeness (QED) is 0.650. The molecule has 18 heavy (non-hydrogen) atoms. The first kappa shape index (κ1) is 16.9. The van der Waals surface area contributed by atoms with Crippen molar-refractivity contribution < 1.29 is 22.7 Å². The molecule has 0 rings (SSSR count). The Morgan fingerprint density at radius 2 is 1.78 bits per heavy atom. The Hall–Kier alpha value is -1.11. The summed E-state index contributed by atoms with van der Waals surface area (Å²) < 4.78 is 26.1. The first-order valence-corrected chi connectivity index (χ1v) is 7.52. The van der Waals surface area contributed by atoms with Gasteiger partial charge in [-0.1, -0.05) is 0 Å². The second-order valence-corrected chi connectivity index (χ2v) is 7.06. The molecule has 6 nitrogen and oxygen atoms in total. The van der Waals surface area contributed by atoms with Crippen LogP contribution in [0.1, 0.15) is 27.2 Å². The van der Waals surface area contributed by atoms with Crippen LogP contribution in [0.15, 0.2) is 0 Å². The van der Waals surface area contributed by atoms with Crippen molar-refractivity contribution >= 4 is 21.7 Å². The van der Waals surface area contributed by atoms with E-state index in [-0.39, 0.29) is 13.0 Å². The van der Waals surface area contributed by atoms with Gasteiger partial charge in [-0.3, -0.25) is 9.59 Å². The fourth-order valence-corrected chi connectivity index (χ4v) is 1.72. The maximum atomic E-state index is 12.1. The smallest absolute Gasteiger partial charge is 0.307 e. The Morgan fingerprint density at radius 3 is 2.11 bits per heavy atom. The van der Waals surface area contributed by atoms with Crippen LogP contribution in [0.4, 0.5) is 0 Å². The summed E-state index contributed by atoms with van der Waals surface area (Å²) in [4.78, 5) is 24.5. The normalized spacial score (nSPS) is 12.1. The fourth-order valence-electron chi connectivity index (χ4n) is 1.27. The number of carbonyl (C=O) groups is 2. The summed E-state index contributed by atoms with van der Waals surface area (Å²) in [5.41, 5.74) is 0. The van der Waals surface area contributed by atoms with Crippen LogP contribution >= 0.6 is 0 Å². The van der Waals surface area contributed by atoms with Crippen LogP contribution in [0.25, 0.3) is 0 Å². The van der Waals surface area contributed by atoms with E-state index in [2.05, 4.69) is 4.74 Å². The molecule has 0 fully saturated rings. The molecular formula is C11H21NO5S. The van der Waals surface area contributed by atoms with Gasteiger partial charge in [-0.05, 0) is 20.8 Å². The number of esters is 1. The average Bonchev–Trinajstić information content (AvgIpc) is 2.27. The topological polar surface area (TPSA) is 80.8 Å². The van der Waals surface area contributed by atoms with E-state index < -0.39 is 26.5 Å². The number of rotatable bonds is 6. The molecule has 0 radical (unpaired) electrons. The van der Waals surface area contributed by atoms with Crippen LogP contribution in [0.2, 0.25) is 0 Å². The zero-order chi connectivity index (χ0) is 14.6. The summed E-state index contributed by atoms with van der Waals surface area (Å²) in [6.45, 7) is 4.96. The van der Waals surface area contributed by atoms with Gasteiger partial charge < -0.3 is 9.64 Å². The Bertz CT molecular complexity index is 413. The van der Waals surface area contributed by atoms with E-state index in [0.29, 0.717) is 6.54 Å². The van der Waals surface area contributed by atoms with Crippen LogP contribution in [0, 0.1) is 0 Å². The second-order valence-electron chi connectivity index (χ2n) is 4.49. The Morgan fingerprint density at radius 1 is 1.28 bits per heavy atom. The lowest BCUT2D eigenvalue weighted by molar-refractivity contribution is -0.142. The van der Waals surface area contributed by atoms with E-state index >= 15 is 0 Å². The number of ether oxygens (including phenoxy) is 1. The summed E-state index contributed by atoms with van der Waals surface area (Å²) in [5, 5.41) is 0. The molecule has 106 valence electrons. The molecule has 0 atom stereocenters. The molecule has 1 amide bonds. The second kappa shape index (κ2) is 6.17. The summed E-state index contributed by atoms with van der Waals surface area (Å²) in [5.74, 6) is -0.935. The zero-order valence-corrected chi connectivity index (χ0v) is 12.3. The minimum absolute atomic E-state index is 0.0515. The van der Waals surface area contributed by atoms with Crippen LogP contribution in [-0.4, -0.2) is 56.4 Å². The number of sulfone groups is 1. The van der Waals surface area contributed by atoms with Gasteiger partial charge >= 0.3 is 5.97 Å². The third-order valence-electron chi connectivity index (χ3n) is 2.92. The molecular weight excluding hydrogens is 258 g/mol. The van der Waals surface area contributed by atoms with Gasteiger partial charge in [0.1, 0.15) is 4.75 Å². The van der Waals surface area contributed by atoms with Gasteiger partial charge in [-0.25, -0.2) is 8.42 Å². The molecule has 0 saturated carbocycles. The predicted octanol–water partition coefficient (Wildman–Crippen LogP) is 0.221. The van der Waals surface area contributed by atoms with E-state index in [0.717, 1.165) is 6.26 Å². The molecule has 7 heteroatoms. The van der Waals surface area contributed by atoms with Gasteiger partial charge in [-0.2, -0.15) is 0 Å². The third-order valence-corrected chi connectivity index (χ3v) is 4.95. The summed E-state index contributed by atoms with van der Waals surface area (Å²) in [6.07, 6.45) is 1.08. The molecule has 0 unspecified atom stereocenters. The summed E-state index contributed by atoms with van der Waals surface area (Å²) >= 11 is 0. The molecule has 0 aliphatic carbocycles. The molecule has 0 aromatic rings.